The first-order valence-electron chi connectivity index (χ1n) is 9.28. The summed E-state index contributed by atoms with van der Waals surface area (Å²) in [6.45, 7) is 5.83. The van der Waals surface area contributed by atoms with E-state index >= 15 is 0 Å². The predicted molar refractivity (Wildman–Crippen MR) is 99.0 cm³/mol. The molecular formula is C19H27N5O2. The van der Waals surface area contributed by atoms with Crippen molar-refractivity contribution in [2.45, 2.75) is 51.5 Å². The van der Waals surface area contributed by atoms with Crippen molar-refractivity contribution in [2.75, 3.05) is 25.0 Å². The lowest BCUT2D eigenvalue weighted by Crippen LogP contribution is -2.48. The first-order chi connectivity index (χ1) is 12.5. The molecule has 0 saturated carbocycles. The third-order valence-electron chi connectivity index (χ3n) is 4.86. The molecule has 3 heterocycles. The van der Waals surface area contributed by atoms with Gasteiger partial charge in [-0.25, -0.2) is 4.98 Å². The molecule has 0 spiro atoms. The second kappa shape index (κ2) is 8.29. The molecule has 3 rings (SSSR count). The molecule has 1 aliphatic heterocycles. The topological polar surface area (TPSA) is 75.4 Å². The molecule has 1 atom stereocenters. The van der Waals surface area contributed by atoms with Gasteiger partial charge in [0, 0.05) is 51.1 Å². The SMILES string of the molecule is CC(C)c1noc(CCC(=O)N(C)[C@@H]2CCCN(c3ccccn3)C2)n1. The Hall–Kier alpha value is -2.44. The van der Waals surface area contributed by atoms with Gasteiger partial charge in [-0.2, -0.15) is 4.98 Å². The maximum Gasteiger partial charge on any atom is 0.227 e. The molecule has 2 aromatic heterocycles. The van der Waals surface area contributed by atoms with Crippen LogP contribution in [0.5, 0.6) is 0 Å². The van der Waals surface area contributed by atoms with Gasteiger partial charge in [0.1, 0.15) is 5.82 Å². The van der Waals surface area contributed by atoms with E-state index in [-0.39, 0.29) is 17.9 Å². The molecule has 2 aromatic rings. The summed E-state index contributed by atoms with van der Waals surface area (Å²) in [5, 5.41) is 3.95. The molecule has 1 aliphatic rings. The van der Waals surface area contributed by atoms with Gasteiger partial charge in [-0.15, -0.1) is 0 Å². The van der Waals surface area contributed by atoms with Gasteiger partial charge in [0.2, 0.25) is 11.8 Å². The van der Waals surface area contributed by atoms with E-state index in [1.54, 1.807) is 0 Å². The van der Waals surface area contributed by atoms with Crippen LogP contribution in [0.1, 0.15) is 50.7 Å². The first-order valence-corrected chi connectivity index (χ1v) is 9.28. The van der Waals surface area contributed by atoms with Crippen molar-refractivity contribution in [1.82, 2.24) is 20.0 Å². The number of aromatic nitrogens is 3. The molecular weight excluding hydrogens is 330 g/mol. The number of hydrogen-bond donors (Lipinski definition) is 0. The Morgan fingerprint density at radius 2 is 2.27 bits per heavy atom. The number of pyridine rings is 1. The van der Waals surface area contributed by atoms with Gasteiger partial charge in [-0.3, -0.25) is 4.79 Å². The van der Waals surface area contributed by atoms with Crippen molar-refractivity contribution in [2.24, 2.45) is 0 Å². The van der Waals surface area contributed by atoms with Gasteiger partial charge in [0.15, 0.2) is 5.82 Å². The maximum absolute atomic E-state index is 12.6. The molecule has 0 radical (unpaired) electrons. The average molecular weight is 357 g/mol. The molecule has 0 aromatic carbocycles. The number of aryl methyl sites for hydroxylation is 1. The van der Waals surface area contributed by atoms with E-state index < -0.39 is 0 Å². The number of carbonyl (C=O) groups is 1. The monoisotopic (exact) mass is 357 g/mol. The van der Waals surface area contributed by atoms with E-state index in [0.29, 0.717) is 24.6 Å². The third kappa shape index (κ3) is 4.39. The van der Waals surface area contributed by atoms with Crippen molar-refractivity contribution in [1.29, 1.82) is 0 Å². The number of amides is 1. The van der Waals surface area contributed by atoms with Crippen molar-refractivity contribution in [3.05, 3.63) is 36.1 Å². The second-order valence-corrected chi connectivity index (χ2v) is 7.14. The summed E-state index contributed by atoms with van der Waals surface area (Å²) in [6.07, 6.45) is 4.75. The summed E-state index contributed by atoms with van der Waals surface area (Å²) in [5.74, 6) is 2.55. The van der Waals surface area contributed by atoms with Gasteiger partial charge >= 0.3 is 0 Å². The summed E-state index contributed by atoms with van der Waals surface area (Å²) in [6, 6.07) is 6.14. The number of hydrogen-bond acceptors (Lipinski definition) is 6. The van der Waals surface area contributed by atoms with Crippen LogP contribution in [0.2, 0.25) is 0 Å². The summed E-state index contributed by atoms with van der Waals surface area (Å²) in [7, 11) is 1.89. The van der Waals surface area contributed by atoms with Gasteiger partial charge in [0.05, 0.1) is 0 Å². The van der Waals surface area contributed by atoms with Crippen LogP contribution in [0.25, 0.3) is 0 Å². The Kier molecular flexibility index (Phi) is 5.85. The molecule has 1 amide bonds. The third-order valence-corrected chi connectivity index (χ3v) is 4.86. The lowest BCUT2D eigenvalue weighted by atomic mass is 10.0. The number of rotatable bonds is 6. The van der Waals surface area contributed by atoms with E-state index in [4.69, 9.17) is 4.52 Å². The van der Waals surface area contributed by atoms with Crippen LogP contribution in [0.15, 0.2) is 28.9 Å². The average Bonchev–Trinajstić information content (AvgIpc) is 3.16. The minimum absolute atomic E-state index is 0.113. The fourth-order valence-corrected chi connectivity index (χ4v) is 3.22. The summed E-state index contributed by atoms with van der Waals surface area (Å²) >= 11 is 0. The zero-order chi connectivity index (χ0) is 18.5. The van der Waals surface area contributed by atoms with E-state index in [9.17, 15) is 4.79 Å². The van der Waals surface area contributed by atoms with Crippen molar-refractivity contribution < 1.29 is 9.32 Å². The highest BCUT2D eigenvalue weighted by Gasteiger charge is 2.26. The van der Waals surface area contributed by atoms with Crippen LogP contribution >= 0.6 is 0 Å². The first kappa shape index (κ1) is 18.4. The van der Waals surface area contributed by atoms with Gasteiger partial charge in [-0.1, -0.05) is 25.1 Å². The zero-order valence-corrected chi connectivity index (χ0v) is 15.8. The summed E-state index contributed by atoms with van der Waals surface area (Å²) < 4.78 is 5.23. The molecule has 1 fully saturated rings. The Bertz CT molecular complexity index is 716. The quantitative estimate of drug-likeness (QED) is 0.791. The predicted octanol–water partition coefficient (Wildman–Crippen LogP) is 2.65. The largest absolute Gasteiger partial charge is 0.355 e. The highest BCUT2D eigenvalue weighted by Crippen LogP contribution is 2.20. The van der Waals surface area contributed by atoms with E-state index in [1.807, 2.05) is 50.2 Å². The lowest BCUT2D eigenvalue weighted by molar-refractivity contribution is -0.132. The lowest BCUT2D eigenvalue weighted by Gasteiger charge is -2.38. The van der Waals surface area contributed by atoms with Crippen LogP contribution in [-0.2, 0) is 11.2 Å². The fraction of sp³-hybridized carbons (Fsp3) is 0.579. The van der Waals surface area contributed by atoms with E-state index in [2.05, 4.69) is 20.0 Å². The molecule has 1 saturated heterocycles. The molecule has 0 N–H and O–H groups in total. The molecule has 0 unspecified atom stereocenters. The maximum atomic E-state index is 12.6. The highest BCUT2D eigenvalue weighted by atomic mass is 16.5. The van der Waals surface area contributed by atoms with Crippen LogP contribution in [0.3, 0.4) is 0 Å². The number of carbonyl (C=O) groups excluding carboxylic acids is 1. The van der Waals surface area contributed by atoms with Gasteiger partial charge < -0.3 is 14.3 Å². The Morgan fingerprint density at radius 1 is 1.42 bits per heavy atom. The van der Waals surface area contributed by atoms with Crippen LogP contribution in [0, 0.1) is 0 Å². The minimum atomic E-state index is 0.113. The summed E-state index contributed by atoms with van der Waals surface area (Å²) in [4.78, 5) is 25.5. The van der Waals surface area contributed by atoms with Crippen molar-refractivity contribution >= 4 is 11.7 Å². The Morgan fingerprint density at radius 3 is 2.96 bits per heavy atom. The minimum Gasteiger partial charge on any atom is -0.355 e. The molecule has 26 heavy (non-hydrogen) atoms. The number of anilines is 1. The standard InChI is InChI=1S/C19H27N5O2/c1-14(2)19-21-17(26-22-19)9-10-18(25)23(3)15-7-6-12-24(13-15)16-8-4-5-11-20-16/h4-5,8,11,14-15H,6-7,9-10,12-13H2,1-3H3/t15-/m1/s1. The zero-order valence-electron chi connectivity index (χ0n) is 15.8. The van der Waals surface area contributed by atoms with Gasteiger partial charge in [-0.05, 0) is 25.0 Å². The molecule has 7 nitrogen and oxygen atoms in total. The molecule has 140 valence electrons. The second-order valence-electron chi connectivity index (χ2n) is 7.14. The Labute approximate surface area is 154 Å². The normalized spacial score (nSPS) is 17.5. The summed E-state index contributed by atoms with van der Waals surface area (Å²) in [5.41, 5.74) is 0. The number of nitrogens with zero attached hydrogens (tertiary/aromatic N) is 5. The van der Waals surface area contributed by atoms with Crippen molar-refractivity contribution in [3.63, 3.8) is 0 Å². The Balaban J connectivity index is 1.54. The van der Waals surface area contributed by atoms with Gasteiger partial charge in [0.25, 0.3) is 0 Å². The van der Waals surface area contributed by atoms with Crippen LogP contribution in [0.4, 0.5) is 5.82 Å². The van der Waals surface area contributed by atoms with E-state index in [0.717, 1.165) is 31.7 Å². The highest BCUT2D eigenvalue weighted by molar-refractivity contribution is 5.76. The number of likely N-dealkylation sites (N-methyl/N-ethyl adjacent to an activating group) is 1. The van der Waals surface area contributed by atoms with E-state index in [1.165, 1.54) is 0 Å². The molecule has 0 bridgehead atoms. The molecule has 0 aliphatic carbocycles. The fourth-order valence-electron chi connectivity index (χ4n) is 3.22. The molecule has 7 heteroatoms. The smallest absolute Gasteiger partial charge is 0.227 e. The van der Waals surface area contributed by atoms with Crippen molar-refractivity contribution in [3.8, 4) is 0 Å². The van der Waals surface area contributed by atoms with Crippen LogP contribution in [-0.4, -0.2) is 52.1 Å². The van der Waals surface area contributed by atoms with Crippen LogP contribution < -0.4 is 4.90 Å². The number of piperidine rings is 1.